The highest BCUT2D eigenvalue weighted by Crippen LogP contribution is 2.06. The first-order chi connectivity index (χ1) is 8.24. The minimum Gasteiger partial charge on any atom is -0.397 e. The Kier molecular flexibility index (Phi) is 3.93. The topological polar surface area (TPSA) is 71.2 Å². The van der Waals surface area contributed by atoms with Crippen LogP contribution in [0.5, 0.6) is 0 Å². The highest BCUT2D eigenvalue weighted by atomic mass is 16.2. The number of pyridine rings is 1. The van der Waals surface area contributed by atoms with Crippen molar-refractivity contribution >= 4 is 11.6 Å². The van der Waals surface area contributed by atoms with Crippen LogP contribution >= 0.6 is 0 Å². The van der Waals surface area contributed by atoms with Gasteiger partial charge in [-0.2, -0.15) is 0 Å². The van der Waals surface area contributed by atoms with Crippen molar-refractivity contribution in [1.82, 2.24) is 15.4 Å². The van der Waals surface area contributed by atoms with Gasteiger partial charge < -0.3 is 5.73 Å². The minimum atomic E-state index is -0.0100. The van der Waals surface area contributed by atoms with Gasteiger partial charge in [-0.25, -0.2) is 5.01 Å². The third-order valence-corrected chi connectivity index (χ3v) is 2.83. The molecular formula is C12H18N4O. The van der Waals surface area contributed by atoms with E-state index in [4.69, 9.17) is 5.73 Å². The summed E-state index contributed by atoms with van der Waals surface area (Å²) in [6, 6.07) is 3.54. The molecule has 92 valence electrons. The number of hydrogen-bond acceptors (Lipinski definition) is 4. The lowest BCUT2D eigenvalue weighted by Crippen LogP contribution is -2.45. The van der Waals surface area contributed by atoms with Crippen molar-refractivity contribution in [2.45, 2.75) is 25.7 Å². The number of rotatable bonds is 3. The summed E-state index contributed by atoms with van der Waals surface area (Å²) >= 11 is 0. The Labute approximate surface area is 101 Å². The molecule has 1 saturated heterocycles. The maximum absolute atomic E-state index is 11.7. The maximum Gasteiger partial charge on any atom is 0.240 e. The van der Waals surface area contributed by atoms with E-state index in [2.05, 4.69) is 10.4 Å². The zero-order valence-electron chi connectivity index (χ0n) is 9.85. The fourth-order valence-corrected chi connectivity index (χ4v) is 1.93. The summed E-state index contributed by atoms with van der Waals surface area (Å²) in [5.41, 5.74) is 9.80. The molecule has 3 N–H and O–H groups in total. The Balaban J connectivity index is 1.82. The predicted octanol–water partition coefficient (Wildman–Crippen LogP) is 0.723. The van der Waals surface area contributed by atoms with Gasteiger partial charge in [-0.15, -0.1) is 0 Å². The zero-order chi connectivity index (χ0) is 12.1. The molecule has 5 heteroatoms. The first kappa shape index (κ1) is 11.9. The molecule has 0 spiro atoms. The third-order valence-electron chi connectivity index (χ3n) is 2.83. The van der Waals surface area contributed by atoms with E-state index in [1.807, 2.05) is 5.01 Å². The molecule has 1 aromatic heterocycles. The number of nitrogens with one attached hydrogen (secondary N) is 1. The van der Waals surface area contributed by atoms with Crippen LogP contribution in [0.4, 0.5) is 5.69 Å². The number of hydrogen-bond donors (Lipinski definition) is 2. The maximum atomic E-state index is 11.7. The second kappa shape index (κ2) is 5.63. The van der Waals surface area contributed by atoms with Crippen molar-refractivity contribution in [2.75, 3.05) is 18.8 Å². The van der Waals surface area contributed by atoms with Crippen LogP contribution in [0.25, 0.3) is 0 Å². The molecule has 1 aliphatic heterocycles. The monoisotopic (exact) mass is 234 g/mol. The largest absolute Gasteiger partial charge is 0.397 e. The summed E-state index contributed by atoms with van der Waals surface area (Å²) in [7, 11) is 0. The Morgan fingerprint density at radius 3 is 2.76 bits per heavy atom. The lowest BCUT2D eigenvalue weighted by atomic mass is 10.2. The second-order valence-electron chi connectivity index (χ2n) is 4.34. The average molecular weight is 234 g/mol. The lowest BCUT2D eigenvalue weighted by Gasteiger charge is -2.26. The van der Waals surface area contributed by atoms with Gasteiger partial charge in [-0.3, -0.25) is 15.2 Å². The molecule has 2 rings (SSSR count). The Bertz CT molecular complexity index is 371. The van der Waals surface area contributed by atoms with Gasteiger partial charge in [0.1, 0.15) is 0 Å². The van der Waals surface area contributed by atoms with Crippen LogP contribution in [0.1, 0.15) is 25.0 Å². The number of nitrogen functional groups attached to an aromatic ring is 1. The number of amides is 1. The van der Waals surface area contributed by atoms with Gasteiger partial charge in [0, 0.05) is 18.8 Å². The normalized spacial score (nSPS) is 16.7. The molecule has 0 atom stereocenters. The summed E-state index contributed by atoms with van der Waals surface area (Å²) in [5.74, 6) is -0.0100. The molecule has 1 fully saturated rings. The van der Waals surface area contributed by atoms with Crippen molar-refractivity contribution in [1.29, 1.82) is 0 Å². The van der Waals surface area contributed by atoms with Crippen LogP contribution in [0.3, 0.4) is 0 Å². The molecule has 5 nitrogen and oxygen atoms in total. The van der Waals surface area contributed by atoms with E-state index in [9.17, 15) is 4.79 Å². The van der Waals surface area contributed by atoms with Crippen LogP contribution in [0.2, 0.25) is 0 Å². The Morgan fingerprint density at radius 1 is 1.35 bits per heavy atom. The molecule has 2 heterocycles. The summed E-state index contributed by atoms with van der Waals surface area (Å²) in [6.07, 6.45) is 5.44. The van der Waals surface area contributed by atoms with Crippen molar-refractivity contribution in [2.24, 2.45) is 0 Å². The Morgan fingerprint density at radius 2 is 2.12 bits per heavy atom. The van der Waals surface area contributed by atoms with Crippen LogP contribution in [0, 0.1) is 0 Å². The summed E-state index contributed by atoms with van der Waals surface area (Å²) in [5, 5.41) is 1.99. The van der Waals surface area contributed by atoms with Gasteiger partial charge in [0.25, 0.3) is 0 Å². The number of carbonyl (C=O) groups excluding carboxylic acids is 1. The van der Waals surface area contributed by atoms with Crippen LogP contribution < -0.4 is 11.2 Å². The molecule has 0 unspecified atom stereocenters. The molecule has 0 radical (unpaired) electrons. The summed E-state index contributed by atoms with van der Waals surface area (Å²) in [6.45, 7) is 1.89. The number of anilines is 1. The molecule has 0 saturated carbocycles. The second-order valence-corrected chi connectivity index (χ2v) is 4.34. The van der Waals surface area contributed by atoms with Gasteiger partial charge in [0.15, 0.2) is 0 Å². The third kappa shape index (κ3) is 3.71. The summed E-state index contributed by atoms with van der Waals surface area (Å²) in [4.78, 5) is 15.8. The number of piperidine rings is 1. The number of nitrogens with two attached hydrogens (primary N) is 1. The molecule has 0 bridgehead atoms. The van der Waals surface area contributed by atoms with Crippen molar-refractivity contribution in [3.05, 3.63) is 24.0 Å². The van der Waals surface area contributed by atoms with E-state index in [1.54, 1.807) is 18.3 Å². The molecule has 0 aliphatic carbocycles. The van der Waals surface area contributed by atoms with Gasteiger partial charge in [0.2, 0.25) is 5.91 Å². The Hall–Kier alpha value is -1.62. The van der Waals surface area contributed by atoms with E-state index >= 15 is 0 Å². The summed E-state index contributed by atoms with van der Waals surface area (Å²) < 4.78 is 0. The van der Waals surface area contributed by atoms with Crippen molar-refractivity contribution in [3.8, 4) is 0 Å². The van der Waals surface area contributed by atoms with E-state index in [-0.39, 0.29) is 5.91 Å². The highest BCUT2D eigenvalue weighted by molar-refractivity contribution is 5.77. The first-order valence-electron chi connectivity index (χ1n) is 5.99. The van der Waals surface area contributed by atoms with Crippen LogP contribution in [0.15, 0.2) is 18.3 Å². The quantitative estimate of drug-likeness (QED) is 0.808. The molecule has 1 amide bonds. The lowest BCUT2D eigenvalue weighted by molar-refractivity contribution is -0.125. The molecule has 1 aromatic rings. The standard InChI is InChI=1S/C12H18N4O/c13-10-4-5-11(14-9-10)8-12(17)15-16-6-2-1-3-7-16/h4-5,9H,1-3,6-8,13H2,(H,15,17). The van der Waals surface area contributed by atoms with Gasteiger partial charge >= 0.3 is 0 Å². The van der Waals surface area contributed by atoms with Gasteiger partial charge in [0.05, 0.1) is 18.3 Å². The highest BCUT2D eigenvalue weighted by Gasteiger charge is 2.13. The van der Waals surface area contributed by atoms with Crippen molar-refractivity contribution in [3.63, 3.8) is 0 Å². The number of hydrazine groups is 1. The van der Waals surface area contributed by atoms with E-state index in [0.29, 0.717) is 12.1 Å². The molecular weight excluding hydrogens is 216 g/mol. The van der Waals surface area contributed by atoms with Gasteiger partial charge in [-0.05, 0) is 25.0 Å². The van der Waals surface area contributed by atoms with Crippen LogP contribution in [-0.4, -0.2) is 29.0 Å². The number of nitrogens with zero attached hydrogens (tertiary/aromatic N) is 2. The SMILES string of the molecule is Nc1ccc(CC(=O)NN2CCCCC2)nc1. The first-order valence-corrected chi connectivity index (χ1v) is 5.99. The molecule has 0 aromatic carbocycles. The number of carbonyl (C=O) groups is 1. The zero-order valence-corrected chi connectivity index (χ0v) is 9.85. The smallest absolute Gasteiger partial charge is 0.240 e. The molecule has 17 heavy (non-hydrogen) atoms. The fourth-order valence-electron chi connectivity index (χ4n) is 1.93. The fraction of sp³-hybridized carbons (Fsp3) is 0.500. The average Bonchev–Trinajstić information content (AvgIpc) is 2.33. The van der Waals surface area contributed by atoms with E-state index in [1.165, 1.54) is 6.42 Å². The van der Waals surface area contributed by atoms with E-state index < -0.39 is 0 Å². The predicted molar refractivity (Wildman–Crippen MR) is 65.9 cm³/mol. The van der Waals surface area contributed by atoms with Crippen LogP contribution in [-0.2, 0) is 11.2 Å². The van der Waals surface area contributed by atoms with Gasteiger partial charge in [-0.1, -0.05) is 6.42 Å². The minimum absolute atomic E-state index is 0.0100. The molecule has 1 aliphatic rings. The van der Waals surface area contributed by atoms with Crippen molar-refractivity contribution < 1.29 is 4.79 Å². The van der Waals surface area contributed by atoms with E-state index in [0.717, 1.165) is 31.6 Å². The number of aromatic nitrogens is 1.